The van der Waals surface area contributed by atoms with Gasteiger partial charge in [-0.3, -0.25) is 15.0 Å². The smallest absolute Gasteiger partial charge is 0.382 e. The van der Waals surface area contributed by atoms with E-state index in [1.807, 2.05) is 68.0 Å². The molecule has 46 heavy (non-hydrogen) atoms. The van der Waals surface area contributed by atoms with Crippen molar-refractivity contribution < 1.29 is 23.4 Å². The van der Waals surface area contributed by atoms with Crippen molar-refractivity contribution in [2.24, 2.45) is 18.9 Å². The summed E-state index contributed by atoms with van der Waals surface area (Å²) in [5, 5.41) is 40.2. The Kier molecular flexibility index (Phi) is 10.6. The van der Waals surface area contributed by atoms with Gasteiger partial charge >= 0.3 is 6.18 Å². The minimum absolute atomic E-state index is 0.00344. The van der Waals surface area contributed by atoms with E-state index in [2.05, 4.69) is 25.7 Å². The molecule has 1 fully saturated rings. The molecule has 1 aromatic carbocycles. The van der Waals surface area contributed by atoms with Crippen molar-refractivity contribution in [1.82, 2.24) is 30.0 Å². The maximum atomic E-state index is 12.8. The second-order valence-corrected chi connectivity index (χ2v) is 11.8. The quantitative estimate of drug-likeness (QED) is 0.163. The number of pyridine rings is 1. The van der Waals surface area contributed by atoms with Gasteiger partial charge in [-0.2, -0.15) is 23.5 Å². The molecule has 13 heteroatoms. The van der Waals surface area contributed by atoms with Gasteiger partial charge in [-0.1, -0.05) is 36.4 Å². The van der Waals surface area contributed by atoms with Crippen LogP contribution in [0, 0.1) is 23.2 Å². The molecule has 0 aliphatic heterocycles. The fraction of sp³-hybridized carbons (Fsp3) is 0.424. The fourth-order valence-corrected chi connectivity index (χ4v) is 6.00. The molecule has 1 saturated carbocycles. The number of rotatable bonds is 12. The minimum atomic E-state index is -4.78. The van der Waals surface area contributed by atoms with E-state index in [-0.39, 0.29) is 29.1 Å². The van der Waals surface area contributed by atoms with Crippen LogP contribution >= 0.6 is 0 Å². The zero-order chi connectivity index (χ0) is 32.7. The molecule has 4 N–H and O–H groups in total. The van der Waals surface area contributed by atoms with Crippen molar-refractivity contribution in [3.63, 3.8) is 0 Å². The number of halogens is 3. The molecule has 4 aromatic rings. The zero-order valence-corrected chi connectivity index (χ0v) is 25.4. The average Bonchev–Trinajstić information content (AvgIpc) is 3.50. The van der Waals surface area contributed by atoms with Crippen LogP contribution in [0.2, 0.25) is 0 Å². The molecule has 242 valence electrons. The third-order valence-electron chi connectivity index (χ3n) is 8.53. The molecule has 3 unspecified atom stereocenters. The lowest BCUT2D eigenvalue weighted by Gasteiger charge is -2.36. The molecule has 0 bridgehead atoms. The highest BCUT2D eigenvalue weighted by Gasteiger charge is 2.38. The third kappa shape index (κ3) is 8.45. The molecule has 1 aliphatic rings. The van der Waals surface area contributed by atoms with Crippen LogP contribution in [0.1, 0.15) is 54.2 Å². The first-order valence-electron chi connectivity index (χ1n) is 15.3. The highest BCUT2D eigenvalue weighted by Crippen LogP contribution is 2.40. The Hall–Kier alpha value is -4.38. The molecule has 10 nitrogen and oxygen atoms in total. The van der Waals surface area contributed by atoms with E-state index in [1.54, 1.807) is 10.9 Å². The zero-order valence-electron chi connectivity index (χ0n) is 25.4. The van der Waals surface area contributed by atoms with Gasteiger partial charge in [0.1, 0.15) is 29.5 Å². The highest BCUT2D eigenvalue weighted by molar-refractivity contribution is 5.60. The number of nitrogens with zero attached hydrogens (tertiary/aromatic N) is 6. The molecule has 1 aliphatic carbocycles. The first kappa shape index (κ1) is 33.0. The van der Waals surface area contributed by atoms with E-state index in [1.165, 1.54) is 6.20 Å². The molecule has 3 heterocycles. The van der Waals surface area contributed by atoms with Gasteiger partial charge in [-0.15, -0.1) is 0 Å². The van der Waals surface area contributed by atoms with Crippen LogP contribution in [0.15, 0.2) is 67.3 Å². The van der Waals surface area contributed by atoms with Gasteiger partial charge in [0.15, 0.2) is 6.10 Å². The fourth-order valence-electron chi connectivity index (χ4n) is 6.00. The summed E-state index contributed by atoms with van der Waals surface area (Å²) in [6.07, 6.45) is 2.43. The SMILES string of the molecule is Cn1cc(-c2ccc(C(C3CCC(Cc4ncc(C#N)c(NCC(O)C(F)(F)F)n4)CC3)C(O)NCc3ccccc3)nc2)cn1. The molecule has 5 rings (SSSR count). The van der Waals surface area contributed by atoms with Crippen molar-refractivity contribution in [3.8, 4) is 17.2 Å². The lowest BCUT2D eigenvalue weighted by Crippen LogP contribution is -2.39. The van der Waals surface area contributed by atoms with Crippen LogP contribution in [0.4, 0.5) is 19.0 Å². The largest absolute Gasteiger partial charge is 0.416 e. The van der Waals surface area contributed by atoms with E-state index in [0.717, 1.165) is 48.1 Å². The Labute approximate surface area is 265 Å². The Balaban J connectivity index is 1.26. The molecular weight excluding hydrogens is 597 g/mol. The number of alkyl halides is 3. The van der Waals surface area contributed by atoms with E-state index in [9.17, 15) is 28.6 Å². The van der Waals surface area contributed by atoms with E-state index >= 15 is 0 Å². The Morgan fingerprint density at radius 3 is 2.39 bits per heavy atom. The van der Waals surface area contributed by atoms with Gasteiger partial charge < -0.3 is 15.5 Å². The van der Waals surface area contributed by atoms with Gasteiger partial charge in [-0.05, 0) is 49.1 Å². The van der Waals surface area contributed by atoms with Gasteiger partial charge in [-0.25, -0.2) is 9.97 Å². The normalized spacial score (nSPS) is 18.8. The van der Waals surface area contributed by atoms with Crippen LogP contribution in [0.25, 0.3) is 11.1 Å². The summed E-state index contributed by atoms with van der Waals surface area (Å²) in [4.78, 5) is 13.4. The number of nitrogens with one attached hydrogen (secondary N) is 2. The summed E-state index contributed by atoms with van der Waals surface area (Å²) in [6, 6.07) is 15.7. The van der Waals surface area contributed by atoms with Crippen LogP contribution in [0.5, 0.6) is 0 Å². The van der Waals surface area contributed by atoms with Crippen molar-refractivity contribution >= 4 is 5.82 Å². The molecule has 0 saturated heterocycles. The molecule has 0 spiro atoms. The summed E-state index contributed by atoms with van der Waals surface area (Å²) >= 11 is 0. The first-order chi connectivity index (χ1) is 22.1. The summed E-state index contributed by atoms with van der Waals surface area (Å²) in [6.45, 7) is -0.312. The van der Waals surface area contributed by atoms with Gasteiger partial charge in [0.25, 0.3) is 0 Å². The number of aryl methyl sites for hydroxylation is 1. The molecule has 3 aromatic heterocycles. The summed E-state index contributed by atoms with van der Waals surface area (Å²) < 4.78 is 40.0. The van der Waals surface area contributed by atoms with Crippen LogP contribution in [-0.4, -0.2) is 60.0 Å². The van der Waals surface area contributed by atoms with Crippen molar-refractivity contribution in [2.75, 3.05) is 11.9 Å². The number of aliphatic hydroxyl groups is 2. The van der Waals surface area contributed by atoms with Gasteiger partial charge in [0.05, 0.1) is 18.9 Å². The maximum Gasteiger partial charge on any atom is 0.416 e. The average molecular weight is 635 g/mol. The second kappa shape index (κ2) is 14.8. The Morgan fingerprint density at radius 1 is 1.00 bits per heavy atom. The number of aliphatic hydroxyl groups excluding tert-OH is 2. The van der Waals surface area contributed by atoms with E-state index in [4.69, 9.17) is 4.98 Å². The molecule has 0 amide bonds. The van der Waals surface area contributed by atoms with Crippen LogP contribution in [0.3, 0.4) is 0 Å². The number of nitriles is 1. The molecular formula is C33H37F3N8O2. The monoisotopic (exact) mass is 634 g/mol. The summed E-state index contributed by atoms with van der Waals surface area (Å²) in [7, 11) is 1.86. The van der Waals surface area contributed by atoms with E-state index in [0.29, 0.717) is 18.8 Å². The number of aromatic nitrogens is 5. The minimum Gasteiger partial charge on any atom is -0.382 e. The third-order valence-corrected chi connectivity index (χ3v) is 8.53. The number of hydrogen-bond acceptors (Lipinski definition) is 9. The lowest BCUT2D eigenvalue weighted by atomic mass is 9.73. The molecule has 0 radical (unpaired) electrons. The number of benzene rings is 1. The topological polar surface area (TPSA) is 145 Å². The first-order valence-corrected chi connectivity index (χ1v) is 15.3. The van der Waals surface area contributed by atoms with Crippen molar-refractivity contribution in [3.05, 3.63) is 89.9 Å². The lowest BCUT2D eigenvalue weighted by molar-refractivity contribution is -0.198. The van der Waals surface area contributed by atoms with Gasteiger partial charge in [0.2, 0.25) is 0 Å². The van der Waals surface area contributed by atoms with Crippen molar-refractivity contribution in [2.45, 2.75) is 63.1 Å². The second-order valence-electron chi connectivity index (χ2n) is 11.8. The summed E-state index contributed by atoms with van der Waals surface area (Å²) in [5.74, 6) is 0.496. The van der Waals surface area contributed by atoms with Crippen LogP contribution in [-0.2, 0) is 20.0 Å². The van der Waals surface area contributed by atoms with Gasteiger partial charge in [0, 0.05) is 55.1 Å². The van der Waals surface area contributed by atoms with E-state index < -0.39 is 25.1 Å². The predicted octanol–water partition coefficient (Wildman–Crippen LogP) is 4.72. The standard InChI is InChI=1S/C33H37F3N8O2/c1-44-20-26(18-42-44)24-11-12-27(38-16-24)30(32(46)41-15-22-5-3-2-4-6-22)23-9-7-21(8-10-23)13-29-39-17-25(14-37)31(43-29)40-19-28(45)33(34,35)36/h2-6,11-12,16-18,20-21,23,28,30,32,41,45-46H,7-10,13,15,19H2,1H3,(H,39,40,43). The molecule has 3 atom stereocenters. The highest BCUT2D eigenvalue weighted by atomic mass is 19.4. The van der Waals surface area contributed by atoms with Crippen molar-refractivity contribution in [1.29, 1.82) is 5.26 Å². The Morgan fingerprint density at radius 2 is 1.76 bits per heavy atom. The predicted molar refractivity (Wildman–Crippen MR) is 165 cm³/mol. The summed E-state index contributed by atoms with van der Waals surface area (Å²) in [5.41, 5.74) is 3.77. The van der Waals surface area contributed by atoms with Crippen LogP contribution < -0.4 is 10.6 Å². The maximum absolute atomic E-state index is 12.8. The number of anilines is 1. The Bertz CT molecular complexity index is 1600. The number of hydrogen-bond donors (Lipinski definition) is 4.